The summed E-state index contributed by atoms with van der Waals surface area (Å²) in [5.74, 6) is 0. The fourth-order valence-electron chi connectivity index (χ4n) is 7.95. The average Bonchev–Trinajstić information content (AvgIpc) is 3.93. The number of nitrogens with one attached hydrogen (secondary N) is 5. The van der Waals surface area contributed by atoms with E-state index >= 15 is 0 Å². The highest BCUT2D eigenvalue weighted by Crippen LogP contribution is 2.39. The Bertz CT molecular complexity index is 2680. The van der Waals surface area contributed by atoms with Crippen LogP contribution in [0, 0.1) is 0 Å². The van der Waals surface area contributed by atoms with E-state index in [2.05, 4.69) is 59.3 Å². The summed E-state index contributed by atoms with van der Waals surface area (Å²) in [5.41, 5.74) is 11.2. The predicted molar refractivity (Wildman–Crippen MR) is 215 cm³/mol. The first-order chi connectivity index (χ1) is 25.5. The summed E-state index contributed by atoms with van der Waals surface area (Å²) in [4.78, 5) is 43.9. The molecule has 0 radical (unpaired) electrons. The maximum absolute atomic E-state index is 13.1. The highest BCUT2D eigenvalue weighted by Gasteiger charge is 2.25. The van der Waals surface area contributed by atoms with E-state index in [0.29, 0.717) is 5.02 Å². The standard InChI is InChI=1S/C21H18ClN3O.C21H20N4O/c22-14-8-9-16-15(12-14)18-19(23-16)17(13-6-2-1-3-7-13)20(21(26)24-18)25-10-4-5-11-25;26-21-20(25-12-10-22-11-13-25)17(14-6-2-1-3-7-14)19-18(24-21)15-8-4-5-9-16(15)23-19/h1-3,6-9,12,23H,4-5,10-11H2,(H,24,26);1-9,22-23H,10-13H2,(H,24,26). The van der Waals surface area contributed by atoms with Crippen molar-refractivity contribution >= 4 is 66.8 Å². The van der Waals surface area contributed by atoms with Gasteiger partial charge in [0.1, 0.15) is 11.4 Å². The topological polar surface area (TPSA) is 116 Å². The minimum Gasteiger partial charge on any atom is -0.367 e. The van der Waals surface area contributed by atoms with E-state index in [1.54, 1.807) is 0 Å². The predicted octanol–water partition coefficient (Wildman–Crippen LogP) is 8.02. The Labute approximate surface area is 304 Å². The molecule has 52 heavy (non-hydrogen) atoms. The van der Waals surface area contributed by atoms with Gasteiger partial charge in [0.25, 0.3) is 11.1 Å². The number of nitrogens with zero attached hydrogens (tertiary/aromatic N) is 2. The molecule has 4 aromatic heterocycles. The van der Waals surface area contributed by atoms with Gasteiger partial charge in [-0.25, -0.2) is 0 Å². The van der Waals surface area contributed by atoms with Crippen LogP contribution in [-0.2, 0) is 0 Å². The minimum atomic E-state index is -0.0425. The lowest BCUT2D eigenvalue weighted by molar-refractivity contribution is 0.588. The van der Waals surface area contributed by atoms with Crippen LogP contribution in [0.5, 0.6) is 0 Å². The molecule has 2 aliphatic heterocycles. The molecule has 10 heteroatoms. The van der Waals surface area contributed by atoms with Crippen molar-refractivity contribution < 1.29 is 0 Å². The zero-order chi connectivity index (χ0) is 35.2. The van der Waals surface area contributed by atoms with Crippen molar-refractivity contribution in [2.75, 3.05) is 49.1 Å². The van der Waals surface area contributed by atoms with Crippen molar-refractivity contribution in [2.24, 2.45) is 0 Å². The smallest absolute Gasteiger partial charge is 0.272 e. The second kappa shape index (κ2) is 13.4. The first-order valence-electron chi connectivity index (χ1n) is 17.9. The summed E-state index contributed by atoms with van der Waals surface area (Å²) in [6, 6.07) is 34.2. The van der Waals surface area contributed by atoms with E-state index in [4.69, 9.17) is 11.6 Å². The molecule has 2 fully saturated rings. The number of hydrogen-bond donors (Lipinski definition) is 5. The number of aromatic nitrogens is 4. The molecule has 8 aromatic rings. The number of benzene rings is 4. The number of para-hydroxylation sites is 1. The van der Waals surface area contributed by atoms with Crippen LogP contribution in [0.4, 0.5) is 11.4 Å². The van der Waals surface area contributed by atoms with Crippen LogP contribution in [0.3, 0.4) is 0 Å². The van der Waals surface area contributed by atoms with Crippen LogP contribution in [0.15, 0.2) is 113 Å². The normalized spacial score (nSPS) is 14.8. The largest absolute Gasteiger partial charge is 0.367 e. The lowest BCUT2D eigenvalue weighted by Crippen LogP contribution is -2.45. The van der Waals surface area contributed by atoms with Crippen LogP contribution in [0.25, 0.3) is 66.1 Å². The Hall–Kier alpha value is -5.77. The fraction of sp³-hybridized carbons (Fsp3) is 0.190. The number of piperazine rings is 1. The fourth-order valence-corrected chi connectivity index (χ4v) is 8.13. The Morgan fingerprint density at radius 1 is 0.500 bits per heavy atom. The molecule has 2 aliphatic rings. The molecule has 0 unspecified atom stereocenters. The van der Waals surface area contributed by atoms with Gasteiger partial charge in [0.2, 0.25) is 0 Å². The van der Waals surface area contributed by atoms with E-state index in [-0.39, 0.29) is 11.1 Å². The van der Waals surface area contributed by atoms with Gasteiger partial charge in [0, 0.05) is 77.2 Å². The lowest BCUT2D eigenvalue weighted by Gasteiger charge is -2.30. The number of H-pyrrole nitrogens is 4. The molecule has 260 valence electrons. The van der Waals surface area contributed by atoms with Crippen LogP contribution >= 0.6 is 11.6 Å². The third kappa shape index (κ3) is 5.62. The molecule has 5 N–H and O–H groups in total. The summed E-state index contributed by atoms with van der Waals surface area (Å²) in [6.07, 6.45) is 2.24. The number of rotatable bonds is 4. The van der Waals surface area contributed by atoms with Gasteiger partial charge in [0.05, 0.1) is 22.1 Å². The molecule has 0 bridgehead atoms. The minimum absolute atomic E-state index is 0.0250. The van der Waals surface area contributed by atoms with Crippen LogP contribution in [0.1, 0.15) is 12.8 Å². The van der Waals surface area contributed by atoms with Crippen molar-refractivity contribution in [2.45, 2.75) is 12.8 Å². The Kier molecular flexibility index (Phi) is 8.29. The van der Waals surface area contributed by atoms with Crippen molar-refractivity contribution in [1.82, 2.24) is 25.3 Å². The number of pyridine rings is 2. The molecule has 10 rings (SSSR count). The maximum atomic E-state index is 13.1. The van der Waals surface area contributed by atoms with Gasteiger partial charge in [-0.15, -0.1) is 0 Å². The summed E-state index contributed by atoms with van der Waals surface area (Å²) < 4.78 is 0. The van der Waals surface area contributed by atoms with Crippen LogP contribution in [-0.4, -0.2) is 59.2 Å². The monoisotopic (exact) mass is 707 g/mol. The molecular formula is C42H38ClN7O2. The van der Waals surface area contributed by atoms with Crippen molar-refractivity contribution in [3.63, 3.8) is 0 Å². The zero-order valence-electron chi connectivity index (χ0n) is 28.6. The number of fused-ring (bicyclic) bond motifs is 6. The lowest BCUT2D eigenvalue weighted by atomic mass is 10.0. The molecule has 6 heterocycles. The Balaban J connectivity index is 0.000000138. The molecular weight excluding hydrogens is 670 g/mol. The van der Waals surface area contributed by atoms with Gasteiger partial charge in [-0.2, -0.15) is 0 Å². The summed E-state index contributed by atoms with van der Waals surface area (Å²) in [7, 11) is 0. The Morgan fingerprint density at radius 3 is 1.60 bits per heavy atom. The van der Waals surface area contributed by atoms with Crippen LogP contribution in [0.2, 0.25) is 5.02 Å². The van der Waals surface area contributed by atoms with Gasteiger partial charge < -0.3 is 35.1 Å². The van der Waals surface area contributed by atoms with Crippen molar-refractivity contribution in [3.05, 3.63) is 129 Å². The van der Waals surface area contributed by atoms with Crippen LogP contribution < -0.4 is 26.2 Å². The van der Waals surface area contributed by atoms with E-state index < -0.39 is 0 Å². The molecule has 9 nitrogen and oxygen atoms in total. The summed E-state index contributed by atoms with van der Waals surface area (Å²) >= 11 is 6.19. The molecule has 0 amide bonds. The SMILES string of the molecule is O=c1[nH]c2c([nH]c3ccc(Cl)cc32)c(-c2ccccc2)c1N1CCCC1.O=c1[nH]c2c([nH]c3ccccc32)c(-c2ccccc2)c1N1CCNCC1. The number of anilines is 2. The molecule has 4 aromatic carbocycles. The molecule has 0 aliphatic carbocycles. The van der Waals surface area contributed by atoms with E-state index in [1.165, 1.54) is 0 Å². The first-order valence-corrected chi connectivity index (χ1v) is 18.3. The van der Waals surface area contributed by atoms with Gasteiger partial charge in [-0.05, 0) is 48.2 Å². The number of hydrogen-bond acceptors (Lipinski definition) is 5. The van der Waals surface area contributed by atoms with E-state index in [0.717, 1.165) is 130 Å². The van der Waals surface area contributed by atoms with Gasteiger partial charge in [0.15, 0.2) is 0 Å². The van der Waals surface area contributed by atoms with Gasteiger partial charge in [-0.1, -0.05) is 90.5 Å². The molecule has 0 spiro atoms. The zero-order valence-corrected chi connectivity index (χ0v) is 29.3. The van der Waals surface area contributed by atoms with Crippen molar-refractivity contribution in [1.29, 1.82) is 0 Å². The second-order valence-corrected chi connectivity index (χ2v) is 13.9. The molecule has 0 saturated carbocycles. The number of aromatic amines is 4. The highest BCUT2D eigenvalue weighted by atomic mass is 35.5. The van der Waals surface area contributed by atoms with E-state index in [9.17, 15) is 9.59 Å². The quantitative estimate of drug-likeness (QED) is 0.127. The average molecular weight is 708 g/mol. The van der Waals surface area contributed by atoms with Gasteiger partial charge >= 0.3 is 0 Å². The van der Waals surface area contributed by atoms with Crippen molar-refractivity contribution in [3.8, 4) is 22.3 Å². The van der Waals surface area contributed by atoms with Gasteiger partial charge in [-0.3, -0.25) is 9.59 Å². The number of halogens is 1. The summed E-state index contributed by atoms with van der Waals surface area (Å²) in [6.45, 7) is 5.26. The highest BCUT2D eigenvalue weighted by molar-refractivity contribution is 6.32. The molecule has 0 atom stereocenters. The van der Waals surface area contributed by atoms with E-state index in [1.807, 2.05) is 78.9 Å². The Morgan fingerprint density at radius 2 is 1.00 bits per heavy atom. The summed E-state index contributed by atoms with van der Waals surface area (Å²) in [5, 5.41) is 6.00. The second-order valence-electron chi connectivity index (χ2n) is 13.5. The molecule has 2 saturated heterocycles. The maximum Gasteiger partial charge on any atom is 0.272 e. The third-order valence-corrected chi connectivity index (χ3v) is 10.6. The third-order valence-electron chi connectivity index (χ3n) is 10.3. The first kappa shape index (κ1) is 32.2.